The Morgan fingerprint density at radius 1 is 1.43 bits per heavy atom. The second kappa shape index (κ2) is 3.77. The molecule has 0 aromatic heterocycles. The summed E-state index contributed by atoms with van der Waals surface area (Å²) in [5.74, 6) is 0. The zero-order valence-corrected chi connectivity index (χ0v) is 7.95. The zero-order chi connectivity index (χ0) is 10.8. The summed E-state index contributed by atoms with van der Waals surface area (Å²) in [6, 6.07) is 0. The number of hydrogen-bond acceptors (Lipinski definition) is 1. The second-order valence-electron chi connectivity index (χ2n) is 3.74. The Labute approximate surface area is 81.7 Å². The highest BCUT2D eigenvalue weighted by Crippen LogP contribution is 2.56. The van der Waals surface area contributed by atoms with Gasteiger partial charge in [0.05, 0.1) is 5.41 Å². The fourth-order valence-electron chi connectivity index (χ4n) is 1.25. The van der Waals surface area contributed by atoms with Gasteiger partial charge in [0.15, 0.2) is 0 Å². The van der Waals surface area contributed by atoms with E-state index in [1.165, 1.54) is 0 Å². The Balaban J connectivity index is 2.32. The molecule has 1 nitrogen and oxygen atoms in total. The molecular formula is C10H14F3N. The van der Waals surface area contributed by atoms with Crippen molar-refractivity contribution < 1.29 is 13.2 Å². The monoisotopic (exact) mass is 205 g/mol. The molecule has 0 unspecified atom stereocenters. The SMILES string of the molecule is C=CC(=C)CNCC1(C(F)(F)F)CC1. The first kappa shape index (κ1) is 11.3. The van der Waals surface area contributed by atoms with Crippen molar-refractivity contribution in [3.05, 3.63) is 24.8 Å². The van der Waals surface area contributed by atoms with Gasteiger partial charge >= 0.3 is 6.18 Å². The number of nitrogens with one attached hydrogen (secondary N) is 1. The first-order chi connectivity index (χ1) is 6.41. The predicted octanol–water partition coefficient (Wildman–Crippen LogP) is 2.66. The molecule has 1 aliphatic rings. The van der Waals surface area contributed by atoms with Gasteiger partial charge in [-0.3, -0.25) is 0 Å². The van der Waals surface area contributed by atoms with Crippen LogP contribution in [0.15, 0.2) is 24.8 Å². The minimum atomic E-state index is -4.07. The average molecular weight is 205 g/mol. The summed E-state index contributed by atoms with van der Waals surface area (Å²) in [5, 5.41) is 2.75. The maximum Gasteiger partial charge on any atom is 0.395 e. The fraction of sp³-hybridized carbons (Fsp3) is 0.600. The van der Waals surface area contributed by atoms with Gasteiger partial charge in [0.2, 0.25) is 0 Å². The molecule has 0 aromatic carbocycles. The molecule has 1 N–H and O–H groups in total. The molecule has 1 aliphatic carbocycles. The lowest BCUT2D eigenvalue weighted by molar-refractivity contribution is -0.185. The van der Waals surface area contributed by atoms with E-state index < -0.39 is 11.6 Å². The summed E-state index contributed by atoms with van der Waals surface area (Å²) in [4.78, 5) is 0. The minimum absolute atomic E-state index is 0.0106. The van der Waals surface area contributed by atoms with Gasteiger partial charge in [-0.15, -0.1) is 0 Å². The van der Waals surface area contributed by atoms with Crippen LogP contribution in [0.5, 0.6) is 0 Å². The van der Waals surface area contributed by atoms with Gasteiger partial charge in [-0.05, 0) is 18.4 Å². The number of halogens is 3. The molecule has 0 saturated heterocycles. The molecule has 0 amide bonds. The van der Waals surface area contributed by atoms with E-state index in [4.69, 9.17) is 0 Å². The van der Waals surface area contributed by atoms with E-state index in [2.05, 4.69) is 18.5 Å². The summed E-state index contributed by atoms with van der Waals surface area (Å²) < 4.78 is 37.3. The van der Waals surface area contributed by atoms with Gasteiger partial charge in [0.25, 0.3) is 0 Å². The van der Waals surface area contributed by atoms with Gasteiger partial charge in [-0.25, -0.2) is 0 Å². The van der Waals surface area contributed by atoms with E-state index in [9.17, 15) is 13.2 Å². The van der Waals surface area contributed by atoms with Crippen molar-refractivity contribution in [2.75, 3.05) is 13.1 Å². The topological polar surface area (TPSA) is 12.0 Å². The summed E-state index contributed by atoms with van der Waals surface area (Å²) in [5.41, 5.74) is -0.753. The molecular weight excluding hydrogens is 191 g/mol. The first-order valence-corrected chi connectivity index (χ1v) is 4.49. The third kappa shape index (κ3) is 2.38. The van der Waals surface area contributed by atoms with Crippen molar-refractivity contribution in [2.24, 2.45) is 5.41 Å². The van der Waals surface area contributed by atoms with Gasteiger partial charge in [0.1, 0.15) is 0 Å². The van der Waals surface area contributed by atoms with E-state index in [1.54, 1.807) is 6.08 Å². The van der Waals surface area contributed by atoms with E-state index in [-0.39, 0.29) is 19.4 Å². The second-order valence-corrected chi connectivity index (χ2v) is 3.74. The van der Waals surface area contributed by atoms with Crippen molar-refractivity contribution >= 4 is 0 Å². The molecule has 14 heavy (non-hydrogen) atoms. The summed E-state index contributed by atoms with van der Waals surface area (Å²) in [6.07, 6.45) is -2.05. The average Bonchev–Trinajstić information content (AvgIpc) is 2.84. The molecule has 1 saturated carbocycles. The number of hydrogen-bond donors (Lipinski definition) is 1. The van der Waals surface area contributed by atoms with Crippen molar-refractivity contribution in [3.63, 3.8) is 0 Å². The van der Waals surface area contributed by atoms with Crippen LogP contribution in [0.2, 0.25) is 0 Å². The molecule has 80 valence electrons. The van der Waals surface area contributed by atoms with Gasteiger partial charge in [-0.2, -0.15) is 13.2 Å². The standard InChI is InChI=1S/C10H14F3N/c1-3-8(2)6-14-7-9(4-5-9)10(11,12)13/h3,14H,1-2,4-7H2. The summed E-state index contributed by atoms with van der Waals surface area (Å²) in [6.45, 7) is 7.46. The Morgan fingerprint density at radius 3 is 2.36 bits per heavy atom. The lowest BCUT2D eigenvalue weighted by atomic mass is 10.1. The minimum Gasteiger partial charge on any atom is -0.312 e. The third-order valence-corrected chi connectivity index (χ3v) is 2.56. The lowest BCUT2D eigenvalue weighted by Gasteiger charge is -2.19. The molecule has 1 fully saturated rings. The quantitative estimate of drug-likeness (QED) is 0.680. The van der Waals surface area contributed by atoms with Crippen molar-refractivity contribution in [1.29, 1.82) is 0 Å². The van der Waals surface area contributed by atoms with Crippen LogP contribution in [-0.2, 0) is 0 Å². The molecule has 0 spiro atoms. The Bertz CT molecular complexity index is 238. The molecule has 0 aliphatic heterocycles. The maximum absolute atomic E-state index is 12.4. The van der Waals surface area contributed by atoms with Crippen LogP contribution >= 0.6 is 0 Å². The third-order valence-electron chi connectivity index (χ3n) is 2.56. The normalized spacial score (nSPS) is 19.1. The number of rotatable bonds is 5. The Kier molecular flexibility index (Phi) is 3.04. The highest BCUT2D eigenvalue weighted by atomic mass is 19.4. The fourth-order valence-corrected chi connectivity index (χ4v) is 1.25. The van der Waals surface area contributed by atoms with Crippen LogP contribution in [0.4, 0.5) is 13.2 Å². The molecule has 0 atom stereocenters. The smallest absolute Gasteiger partial charge is 0.312 e. The van der Waals surface area contributed by atoms with Crippen LogP contribution in [0, 0.1) is 5.41 Å². The van der Waals surface area contributed by atoms with Gasteiger partial charge in [-0.1, -0.05) is 19.2 Å². The number of alkyl halides is 3. The van der Waals surface area contributed by atoms with Crippen LogP contribution in [-0.4, -0.2) is 19.3 Å². The van der Waals surface area contributed by atoms with Crippen molar-refractivity contribution in [1.82, 2.24) is 5.32 Å². The van der Waals surface area contributed by atoms with Crippen LogP contribution in [0.1, 0.15) is 12.8 Å². The molecule has 1 rings (SSSR count). The van der Waals surface area contributed by atoms with E-state index in [0.29, 0.717) is 12.1 Å². The van der Waals surface area contributed by atoms with Crippen LogP contribution < -0.4 is 5.32 Å². The molecule has 0 aromatic rings. The van der Waals surface area contributed by atoms with E-state index in [1.807, 2.05) is 0 Å². The van der Waals surface area contributed by atoms with E-state index >= 15 is 0 Å². The molecule has 0 heterocycles. The van der Waals surface area contributed by atoms with Crippen LogP contribution in [0.3, 0.4) is 0 Å². The summed E-state index contributed by atoms with van der Waals surface area (Å²) in [7, 11) is 0. The zero-order valence-electron chi connectivity index (χ0n) is 7.95. The lowest BCUT2D eigenvalue weighted by Crippen LogP contribution is -2.35. The molecule has 0 bridgehead atoms. The van der Waals surface area contributed by atoms with Crippen molar-refractivity contribution in [2.45, 2.75) is 19.0 Å². The molecule has 0 radical (unpaired) electrons. The van der Waals surface area contributed by atoms with Crippen molar-refractivity contribution in [3.8, 4) is 0 Å². The van der Waals surface area contributed by atoms with Crippen LogP contribution in [0.25, 0.3) is 0 Å². The Hall–Kier alpha value is -0.770. The molecule has 4 heteroatoms. The largest absolute Gasteiger partial charge is 0.395 e. The highest BCUT2D eigenvalue weighted by Gasteiger charge is 2.62. The first-order valence-electron chi connectivity index (χ1n) is 4.49. The Morgan fingerprint density at radius 2 is 2.00 bits per heavy atom. The van der Waals surface area contributed by atoms with Gasteiger partial charge < -0.3 is 5.32 Å². The van der Waals surface area contributed by atoms with E-state index in [0.717, 1.165) is 0 Å². The van der Waals surface area contributed by atoms with Gasteiger partial charge in [0, 0.05) is 13.1 Å². The maximum atomic E-state index is 12.4. The highest BCUT2D eigenvalue weighted by molar-refractivity contribution is 5.13. The summed E-state index contributed by atoms with van der Waals surface area (Å²) >= 11 is 0. The predicted molar refractivity (Wildman–Crippen MR) is 49.9 cm³/mol.